The number of rotatable bonds is 8. The number of pyridine rings is 1. The average molecular weight is 631 g/mol. The Morgan fingerprint density at radius 3 is 2.67 bits per heavy atom. The van der Waals surface area contributed by atoms with Gasteiger partial charge in [-0.05, 0) is 128 Å². The molecule has 45 heavy (non-hydrogen) atoms. The minimum Gasteiger partial charge on any atom is -0.493 e. The Balaban J connectivity index is 1.14. The third-order valence-electron chi connectivity index (χ3n) is 11.0. The van der Waals surface area contributed by atoms with Gasteiger partial charge in [0.2, 0.25) is 0 Å². The molecular weight excluding hydrogens is 588 g/mol. The second-order valence-electron chi connectivity index (χ2n) is 13.8. The van der Waals surface area contributed by atoms with E-state index in [1.54, 1.807) is 12.1 Å². The quantitative estimate of drug-likeness (QED) is 0.261. The maximum Gasteiger partial charge on any atom is 0.329 e. The summed E-state index contributed by atoms with van der Waals surface area (Å²) in [7, 11) is 0. The second-order valence-corrected chi connectivity index (χ2v) is 14.3. The predicted octanol–water partition coefficient (Wildman–Crippen LogP) is 7.97. The van der Waals surface area contributed by atoms with Gasteiger partial charge in [0.25, 0.3) is 0 Å². The van der Waals surface area contributed by atoms with E-state index >= 15 is 0 Å². The minimum absolute atomic E-state index is 0.140. The lowest BCUT2D eigenvalue weighted by molar-refractivity contribution is -0.144. The van der Waals surface area contributed by atoms with E-state index in [1.807, 2.05) is 24.4 Å². The van der Waals surface area contributed by atoms with Gasteiger partial charge in [0, 0.05) is 28.2 Å². The number of carboxylic acids is 1. The molecule has 0 bridgehead atoms. The summed E-state index contributed by atoms with van der Waals surface area (Å²) >= 11 is 6.25. The Morgan fingerprint density at radius 2 is 1.91 bits per heavy atom. The number of aliphatic carboxylic acids is 1. The lowest BCUT2D eigenvalue weighted by Crippen LogP contribution is -2.53. The number of hydrogen-bond donors (Lipinski definition) is 2. The number of carboxylic acid groups (broad SMARTS) is 1. The summed E-state index contributed by atoms with van der Waals surface area (Å²) in [6.07, 6.45) is 9.79. The molecule has 3 atom stereocenters. The lowest BCUT2D eigenvalue weighted by Gasteiger charge is -2.47. The molecule has 1 fully saturated rings. The molecule has 7 nitrogen and oxygen atoms in total. The molecule has 3 aliphatic carbocycles. The van der Waals surface area contributed by atoms with Gasteiger partial charge in [0.1, 0.15) is 24.5 Å². The molecule has 0 amide bonds. The van der Waals surface area contributed by atoms with Crippen LogP contribution >= 0.6 is 11.6 Å². The molecule has 1 aromatic heterocycles. The highest BCUT2D eigenvalue weighted by Gasteiger charge is 2.54. The number of fused-ring (bicyclic) bond motifs is 4. The molecule has 7 rings (SSSR count). The summed E-state index contributed by atoms with van der Waals surface area (Å²) in [5.74, 6) is 2.95. The zero-order valence-corrected chi connectivity index (χ0v) is 27.0. The third-order valence-corrected chi connectivity index (χ3v) is 11.2. The molecule has 0 saturated heterocycles. The van der Waals surface area contributed by atoms with Crippen LogP contribution in [0.25, 0.3) is 0 Å². The van der Waals surface area contributed by atoms with E-state index in [0.717, 1.165) is 55.0 Å². The van der Waals surface area contributed by atoms with Gasteiger partial charge in [-0.1, -0.05) is 31.5 Å². The first-order chi connectivity index (χ1) is 21.8. The van der Waals surface area contributed by atoms with Crippen LogP contribution in [0.5, 0.6) is 17.2 Å². The number of hydrogen-bond acceptors (Lipinski definition) is 6. The maximum absolute atomic E-state index is 12.9. The fraction of sp³-hybridized carbons (Fsp3) is 0.514. The number of benzene rings is 2. The van der Waals surface area contributed by atoms with Crippen LogP contribution in [0.1, 0.15) is 87.1 Å². The van der Waals surface area contributed by atoms with Crippen LogP contribution in [0.3, 0.4) is 0 Å². The van der Waals surface area contributed by atoms with Gasteiger partial charge in [0.15, 0.2) is 11.5 Å². The summed E-state index contributed by atoms with van der Waals surface area (Å²) in [6, 6.07) is 13.8. The Labute approximate surface area is 270 Å². The SMILES string of the molecule is C[C@@H](COc1ccnc2c1[C@H](C)CCC2)C[C@H]1Cc2cc3c(cc2C12CCC(Nc1cccc(Cl)c1)(C(=O)O)CC2)OCCO3. The smallest absolute Gasteiger partial charge is 0.329 e. The van der Waals surface area contributed by atoms with E-state index in [9.17, 15) is 9.90 Å². The third kappa shape index (κ3) is 5.62. The van der Waals surface area contributed by atoms with Crippen LogP contribution < -0.4 is 19.5 Å². The number of anilines is 1. The highest BCUT2D eigenvalue weighted by molar-refractivity contribution is 6.30. The Bertz CT molecular complexity index is 1580. The van der Waals surface area contributed by atoms with Crippen LogP contribution in [0.2, 0.25) is 5.02 Å². The fourth-order valence-electron chi connectivity index (χ4n) is 8.64. The van der Waals surface area contributed by atoms with Crippen molar-refractivity contribution < 1.29 is 24.1 Å². The van der Waals surface area contributed by atoms with Crippen molar-refractivity contribution in [1.82, 2.24) is 4.98 Å². The summed E-state index contributed by atoms with van der Waals surface area (Å²) in [5.41, 5.74) is 4.64. The molecule has 8 heteroatoms. The molecule has 0 unspecified atom stereocenters. The van der Waals surface area contributed by atoms with E-state index in [1.165, 1.54) is 35.2 Å². The molecule has 0 radical (unpaired) electrons. The first kappa shape index (κ1) is 30.2. The zero-order valence-electron chi connectivity index (χ0n) is 26.2. The van der Waals surface area contributed by atoms with Crippen LogP contribution in [0, 0.1) is 11.8 Å². The lowest BCUT2D eigenvalue weighted by atomic mass is 9.59. The van der Waals surface area contributed by atoms with Gasteiger partial charge in [-0.2, -0.15) is 0 Å². The van der Waals surface area contributed by atoms with E-state index in [-0.39, 0.29) is 5.41 Å². The Morgan fingerprint density at radius 1 is 1.13 bits per heavy atom. The van der Waals surface area contributed by atoms with Crippen molar-refractivity contribution >= 4 is 23.3 Å². The molecule has 2 N–H and O–H groups in total. The molecular formula is C37H43ClN2O5. The number of aromatic nitrogens is 1. The standard InChI is InChI=1S/C37H43ClN2O5/c1-23(22-45-31-9-14-39-30-8-3-5-24(2)34(30)31)17-26-18-25-19-32-33(44-16-15-43-32)21-29(25)36(26)10-12-37(13-11-36,35(41)42)40-28-7-4-6-27(38)20-28/h4,6-7,9,14,19-21,23-24,26,40H,3,5,8,10-13,15-18,22H2,1-2H3,(H,41,42)/t23-,24-,26+,36?,37?/m1/s1. The highest BCUT2D eigenvalue weighted by atomic mass is 35.5. The number of carbonyl (C=O) groups is 1. The Hall–Kier alpha value is -3.45. The summed E-state index contributed by atoms with van der Waals surface area (Å²) < 4.78 is 18.6. The Kier molecular flexibility index (Phi) is 8.09. The minimum atomic E-state index is -1.05. The molecule has 1 spiro atoms. The number of nitrogens with zero attached hydrogens (tertiary/aromatic N) is 1. The van der Waals surface area contributed by atoms with Gasteiger partial charge < -0.3 is 24.6 Å². The summed E-state index contributed by atoms with van der Waals surface area (Å²) in [5, 5.41) is 14.5. The number of aryl methyl sites for hydroxylation is 1. The van der Waals surface area contributed by atoms with Crippen LogP contribution in [0.4, 0.5) is 5.69 Å². The molecule has 1 aliphatic heterocycles. The normalized spacial score (nSPS) is 27.4. The number of halogens is 1. The van der Waals surface area contributed by atoms with Crippen LogP contribution in [-0.2, 0) is 23.1 Å². The molecule has 238 valence electrons. The van der Waals surface area contributed by atoms with Gasteiger partial charge in [0.05, 0.1) is 6.61 Å². The van der Waals surface area contributed by atoms with Crippen LogP contribution in [-0.4, -0.2) is 41.4 Å². The van der Waals surface area contributed by atoms with Gasteiger partial charge in [-0.15, -0.1) is 0 Å². The fourth-order valence-corrected chi connectivity index (χ4v) is 8.83. The molecule has 2 heterocycles. The summed E-state index contributed by atoms with van der Waals surface area (Å²) in [4.78, 5) is 17.5. The van der Waals surface area contributed by atoms with E-state index < -0.39 is 11.5 Å². The predicted molar refractivity (Wildman–Crippen MR) is 175 cm³/mol. The van der Waals surface area contributed by atoms with Crippen molar-refractivity contribution in [1.29, 1.82) is 0 Å². The van der Waals surface area contributed by atoms with Crippen LogP contribution in [0.15, 0.2) is 48.7 Å². The first-order valence-electron chi connectivity index (χ1n) is 16.6. The van der Waals surface area contributed by atoms with Crippen molar-refractivity contribution in [3.63, 3.8) is 0 Å². The first-order valence-corrected chi connectivity index (χ1v) is 16.9. The van der Waals surface area contributed by atoms with Gasteiger partial charge in [-0.3, -0.25) is 4.98 Å². The van der Waals surface area contributed by atoms with Crippen molar-refractivity contribution in [2.75, 3.05) is 25.1 Å². The summed E-state index contributed by atoms with van der Waals surface area (Å²) in [6.45, 7) is 6.31. The monoisotopic (exact) mass is 630 g/mol. The molecule has 4 aliphatic rings. The van der Waals surface area contributed by atoms with Crippen molar-refractivity contribution in [3.05, 3.63) is 76.1 Å². The zero-order chi connectivity index (χ0) is 31.2. The van der Waals surface area contributed by atoms with E-state index in [2.05, 4.69) is 36.3 Å². The van der Waals surface area contributed by atoms with Gasteiger partial charge >= 0.3 is 5.97 Å². The second kappa shape index (κ2) is 12.1. The van der Waals surface area contributed by atoms with Crippen molar-refractivity contribution in [3.8, 4) is 17.2 Å². The van der Waals surface area contributed by atoms with Crippen molar-refractivity contribution in [2.24, 2.45) is 11.8 Å². The molecule has 1 saturated carbocycles. The maximum atomic E-state index is 12.9. The largest absolute Gasteiger partial charge is 0.493 e. The average Bonchev–Trinajstić information content (AvgIpc) is 3.31. The van der Waals surface area contributed by atoms with E-state index in [0.29, 0.717) is 55.4 Å². The topological polar surface area (TPSA) is 89.9 Å². The number of ether oxygens (including phenoxy) is 3. The molecule has 3 aromatic rings. The number of nitrogens with one attached hydrogen (secondary N) is 1. The van der Waals surface area contributed by atoms with Crippen molar-refractivity contribution in [2.45, 2.75) is 88.5 Å². The van der Waals surface area contributed by atoms with E-state index in [4.69, 9.17) is 25.8 Å². The van der Waals surface area contributed by atoms with Gasteiger partial charge in [-0.25, -0.2) is 4.79 Å². The highest BCUT2D eigenvalue weighted by Crippen LogP contribution is 2.58. The molecule has 2 aromatic carbocycles.